The van der Waals surface area contributed by atoms with Gasteiger partial charge in [-0.15, -0.1) is 0 Å². The third-order valence-corrected chi connectivity index (χ3v) is 10.7. The maximum Gasteiger partial charge on any atom is 0.416 e. The third-order valence-electron chi connectivity index (χ3n) is 10.7. The van der Waals surface area contributed by atoms with Crippen molar-refractivity contribution in [1.29, 1.82) is 0 Å². The number of carboxylic acids is 1. The maximum absolute atomic E-state index is 14.2. The molecule has 5 aliphatic rings. The molecule has 0 bridgehead atoms. The fourth-order valence-electron chi connectivity index (χ4n) is 7.82. The van der Waals surface area contributed by atoms with E-state index in [2.05, 4.69) is 16.0 Å². The monoisotopic (exact) mass is 703 g/mol. The van der Waals surface area contributed by atoms with Gasteiger partial charge in [-0.1, -0.05) is 50.0 Å². The van der Waals surface area contributed by atoms with Gasteiger partial charge in [0.1, 0.15) is 23.7 Å². The average Bonchev–Trinajstić information content (AvgIpc) is 3.35. The van der Waals surface area contributed by atoms with Crippen LogP contribution in [0.3, 0.4) is 0 Å². The minimum Gasteiger partial charge on any atom is -0.479 e. The molecule has 15 heteroatoms. The Balaban J connectivity index is 1.21. The van der Waals surface area contributed by atoms with Crippen LogP contribution >= 0.6 is 0 Å². The molecule has 3 fully saturated rings. The van der Waals surface area contributed by atoms with Gasteiger partial charge in [-0.3, -0.25) is 9.59 Å². The first-order valence-corrected chi connectivity index (χ1v) is 17.6. The summed E-state index contributed by atoms with van der Waals surface area (Å²) in [6.07, 6.45) is 4.27. The van der Waals surface area contributed by atoms with Gasteiger partial charge in [0, 0.05) is 31.5 Å². The van der Waals surface area contributed by atoms with Crippen LogP contribution in [0.15, 0.2) is 30.4 Å². The highest BCUT2D eigenvalue weighted by Crippen LogP contribution is 2.45. The zero-order valence-electron chi connectivity index (χ0n) is 27.8. The molecule has 3 heterocycles. The first kappa shape index (κ1) is 35.5. The van der Waals surface area contributed by atoms with Crippen molar-refractivity contribution < 1.29 is 47.0 Å². The van der Waals surface area contributed by atoms with E-state index in [1.165, 1.54) is 15.9 Å². The number of ether oxygens (including phenoxy) is 1. The average molecular weight is 704 g/mol. The van der Waals surface area contributed by atoms with Gasteiger partial charge in [-0.2, -0.15) is 13.2 Å². The molecule has 1 aromatic rings. The number of halogens is 3. The first-order chi connectivity index (χ1) is 23.9. The fraction of sp³-hybridized carbons (Fsp3) is 0.629. The summed E-state index contributed by atoms with van der Waals surface area (Å²) in [5, 5.41) is 18.5. The Kier molecular flexibility index (Phi) is 10.3. The van der Waals surface area contributed by atoms with Crippen LogP contribution in [0.1, 0.15) is 87.3 Å². The molecule has 1 aromatic carbocycles. The smallest absolute Gasteiger partial charge is 0.416 e. The predicted octanol–water partition coefficient (Wildman–Crippen LogP) is 4.26. The minimum absolute atomic E-state index is 0.000845. The van der Waals surface area contributed by atoms with Crippen LogP contribution in [0.5, 0.6) is 0 Å². The van der Waals surface area contributed by atoms with E-state index in [0.29, 0.717) is 24.8 Å². The molecule has 3 aliphatic heterocycles. The molecule has 0 aromatic heterocycles. The second kappa shape index (κ2) is 14.5. The first-order valence-electron chi connectivity index (χ1n) is 17.6. The van der Waals surface area contributed by atoms with E-state index in [1.807, 2.05) is 6.08 Å². The molecule has 1 saturated heterocycles. The number of carboxylic acid groups (broad SMARTS) is 1. The van der Waals surface area contributed by atoms with Crippen molar-refractivity contribution in [3.63, 3.8) is 0 Å². The topological polar surface area (TPSA) is 157 Å². The number of alkyl halides is 3. The van der Waals surface area contributed by atoms with Gasteiger partial charge < -0.3 is 35.6 Å². The lowest BCUT2D eigenvalue weighted by molar-refractivity contribution is -0.145. The third kappa shape index (κ3) is 7.70. The molecule has 12 nitrogen and oxygen atoms in total. The molecule has 0 radical (unpaired) electrons. The molecule has 0 spiro atoms. The molecular formula is C35H44F3N5O7. The number of aliphatic carboxylic acids is 1. The Bertz CT molecular complexity index is 1530. The largest absolute Gasteiger partial charge is 0.479 e. The minimum atomic E-state index is -4.61. The number of carbonyl (C=O) groups excluding carboxylic acids is 4. The molecular weight excluding hydrogens is 659 g/mol. The Hall–Kier alpha value is -4.30. The van der Waals surface area contributed by atoms with Gasteiger partial charge in [0.25, 0.3) is 0 Å². The van der Waals surface area contributed by atoms with Crippen molar-refractivity contribution >= 4 is 29.9 Å². The standard InChI is InChI=1S/C35H44F3N5O7/c36-35(37,38)26-13-8-9-21-15-16-42(20-25(21)26)33(49)50-24-17-28-29(44)41-34(31(46)47)18-22(34)10-4-2-1-3-5-14-27(30(45)43(28)19-24)40-32(48)39-23-11-6-7-12-23/h4,8-10,13,22-24,27-28H,1-3,5-7,11-12,14-20H2,(H,41,44)(H,46,47)(H2,39,40,48)/t22-,24-,27+,28+,34-/m1/s1. The molecule has 2 saturated carbocycles. The zero-order valence-corrected chi connectivity index (χ0v) is 27.8. The van der Waals surface area contributed by atoms with E-state index in [0.717, 1.165) is 44.6 Å². The zero-order chi connectivity index (χ0) is 35.6. The van der Waals surface area contributed by atoms with Crippen molar-refractivity contribution in [1.82, 2.24) is 25.8 Å². The molecule has 6 rings (SSSR count). The summed E-state index contributed by atoms with van der Waals surface area (Å²) >= 11 is 0. The van der Waals surface area contributed by atoms with Crippen molar-refractivity contribution in [3.05, 3.63) is 47.0 Å². The number of rotatable bonds is 4. The van der Waals surface area contributed by atoms with E-state index in [1.54, 1.807) is 12.1 Å². The number of fused-ring (bicyclic) bond motifs is 3. The number of hydrogen-bond acceptors (Lipinski definition) is 6. The van der Waals surface area contributed by atoms with Crippen molar-refractivity contribution in [2.75, 3.05) is 13.1 Å². The summed E-state index contributed by atoms with van der Waals surface area (Å²) in [7, 11) is 0. The number of amides is 5. The van der Waals surface area contributed by atoms with Gasteiger partial charge in [0.15, 0.2) is 0 Å². The van der Waals surface area contributed by atoms with Crippen LogP contribution in [0.2, 0.25) is 0 Å². The van der Waals surface area contributed by atoms with E-state index in [-0.39, 0.29) is 50.5 Å². The van der Waals surface area contributed by atoms with E-state index in [9.17, 15) is 42.3 Å². The maximum atomic E-state index is 14.2. The van der Waals surface area contributed by atoms with Crippen LogP contribution in [0, 0.1) is 5.92 Å². The fourth-order valence-corrected chi connectivity index (χ4v) is 7.82. The van der Waals surface area contributed by atoms with Gasteiger partial charge >= 0.3 is 24.3 Å². The summed E-state index contributed by atoms with van der Waals surface area (Å²) < 4.78 is 47.0. The Labute approximate surface area is 288 Å². The number of nitrogens with zero attached hydrogens (tertiary/aromatic N) is 2. The summed E-state index contributed by atoms with van der Waals surface area (Å²) in [6.45, 7) is -0.418. The SMILES string of the molecule is O=C(NC1CCCC1)N[C@H]1CCCCCC=C[C@@H]2C[C@@]2(C(=O)O)NC(=O)[C@@H]2C[C@@H](OC(=O)N3CCc4cccc(C(F)(F)F)c4C3)CN2C1=O. The molecule has 5 atom stereocenters. The molecule has 0 unspecified atom stereocenters. The highest BCUT2D eigenvalue weighted by atomic mass is 19.4. The van der Waals surface area contributed by atoms with Crippen LogP contribution in [-0.4, -0.2) is 87.7 Å². The Morgan fingerprint density at radius 2 is 1.78 bits per heavy atom. The van der Waals surface area contributed by atoms with Gasteiger partial charge in [0.05, 0.1) is 12.1 Å². The predicted molar refractivity (Wildman–Crippen MR) is 172 cm³/mol. The molecule has 4 N–H and O–H groups in total. The number of carbonyl (C=O) groups is 5. The van der Waals surface area contributed by atoms with E-state index in [4.69, 9.17) is 4.74 Å². The Morgan fingerprint density at radius 3 is 2.52 bits per heavy atom. The lowest BCUT2D eigenvalue weighted by Crippen LogP contribution is -2.57. The van der Waals surface area contributed by atoms with Crippen LogP contribution in [-0.2, 0) is 38.3 Å². The lowest BCUT2D eigenvalue weighted by Gasteiger charge is -2.31. The Morgan fingerprint density at radius 1 is 1.02 bits per heavy atom. The van der Waals surface area contributed by atoms with Gasteiger partial charge in [-0.05, 0) is 62.1 Å². The second-order valence-electron chi connectivity index (χ2n) is 14.2. The normalized spacial score (nSPS) is 29.1. The number of urea groups is 1. The quantitative estimate of drug-likeness (QED) is 0.342. The molecule has 272 valence electrons. The van der Waals surface area contributed by atoms with Gasteiger partial charge in [-0.25, -0.2) is 14.4 Å². The van der Waals surface area contributed by atoms with Crippen molar-refractivity contribution in [3.8, 4) is 0 Å². The van der Waals surface area contributed by atoms with E-state index < -0.39 is 71.3 Å². The highest BCUT2D eigenvalue weighted by molar-refractivity contribution is 5.96. The summed E-state index contributed by atoms with van der Waals surface area (Å²) in [5.41, 5.74) is -1.87. The van der Waals surface area contributed by atoms with Crippen LogP contribution in [0.25, 0.3) is 0 Å². The summed E-state index contributed by atoms with van der Waals surface area (Å²) in [4.78, 5) is 69.2. The van der Waals surface area contributed by atoms with Crippen LogP contribution < -0.4 is 16.0 Å². The van der Waals surface area contributed by atoms with Crippen LogP contribution in [0.4, 0.5) is 22.8 Å². The van der Waals surface area contributed by atoms with E-state index >= 15 is 0 Å². The highest BCUT2D eigenvalue weighted by Gasteiger charge is 2.61. The van der Waals surface area contributed by atoms with Crippen molar-refractivity contribution in [2.24, 2.45) is 5.92 Å². The number of allylic oxidation sites excluding steroid dienone is 1. The molecule has 50 heavy (non-hydrogen) atoms. The summed E-state index contributed by atoms with van der Waals surface area (Å²) in [6, 6.07) is 1.21. The number of benzene rings is 1. The number of hydrogen-bond donors (Lipinski definition) is 4. The summed E-state index contributed by atoms with van der Waals surface area (Å²) in [5.74, 6) is -2.90. The van der Waals surface area contributed by atoms with Crippen molar-refractivity contribution in [2.45, 2.75) is 120 Å². The lowest BCUT2D eigenvalue weighted by atomic mass is 9.95. The second-order valence-corrected chi connectivity index (χ2v) is 14.2. The molecule has 2 aliphatic carbocycles. The number of nitrogens with one attached hydrogen (secondary N) is 3. The molecule has 5 amide bonds. The van der Waals surface area contributed by atoms with Gasteiger partial charge in [0.2, 0.25) is 11.8 Å².